The Labute approximate surface area is 124 Å². The van der Waals surface area contributed by atoms with Crippen LogP contribution >= 0.6 is 27.5 Å². The first-order chi connectivity index (χ1) is 9.19. The van der Waals surface area contributed by atoms with Crippen molar-refractivity contribution in [3.8, 4) is 11.4 Å². The van der Waals surface area contributed by atoms with E-state index in [9.17, 15) is 4.79 Å². The van der Waals surface area contributed by atoms with Gasteiger partial charge in [-0.05, 0) is 18.6 Å². The molecule has 100 valence electrons. The van der Waals surface area contributed by atoms with Crippen molar-refractivity contribution in [3.63, 3.8) is 0 Å². The molecule has 4 nitrogen and oxygen atoms in total. The van der Waals surface area contributed by atoms with Crippen LogP contribution in [-0.4, -0.2) is 15.3 Å². The van der Waals surface area contributed by atoms with Crippen LogP contribution < -0.4 is 5.32 Å². The zero-order chi connectivity index (χ0) is 13.7. The Morgan fingerprint density at radius 3 is 2.79 bits per heavy atom. The van der Waals surface area contributed by atoms with Gasteiger partial charge in [0.15, 0.2) is 5.82 Å². The van der Waals surface area contributed by atoms with Crippen LogP contribution in [0.5, 0.6) is 0 Å². The number of nitrogens with zero attached hydrogens (tertiary/aromatic N) is 2. The van der Waals surface area contributed by atoms with E-state index in [0.717, 1.165) is 22.9 Å². The van der Waals surface area contributed by atoms with Gasteiger partial charge < -0.3 is 5.32 Å². The van der Waals surface area contributed by atoms with Gasteiger partial charge in [0, 0.05) is 28.0 Å². The average Bonchev–Trinajstić information content (AvgIpc) is 2.85. The molecule has 2 aromatic rings. The molecule has 1 amide bonds. The van der Waals surface area contributed by atoms with Gasteiger partial charge in [-0.3, -0.25) is 4.79 Å². The summed E-state index contributed by atoms with van der Waals surface area (Å²) in [7, 11) is 0. The Kier molecular flexibility index (Phi) is 5.04. The summed E-state index contributed by atoms with van der Waals surface area (Å²) in [6.45, 7) is 2.06. The number of halogens is 1. The molecule has 0 unspecified atom stereocenters. The Bertz CT molecular complexity index is 553. The summed E-state index contributed by atoms with van der Waals surface area (Å²) in [6.07, 6.45) is 2.43. The van der Waals surface area contributed by atoms with E-state index < -0.39 is 0 Å². The van der Waals surface area contributed by atoms with Crippen molar-refractivity contribution >= 4 is 38.5 Å². The van der Waals surface area contributed by atoms with Gasteiger partial charge in [0.2, 0.25) is 11.0 Å². The van der Waals surface area contributed by atoms with Crippen LogP contribution in [0.3, 0.4) is 0 Å². The van der Waals surface area contributed by atoms with Crippen molar-refractivity contribution in [3.05, 3.63) is 28.7 Å². The van der Waals surface area contributed by atoms with E-state index in [1.54, 1.807) is 0 Å². The fourth-order valence-corrected chi connectivity index (χ4v) is 2.38. The highest BCUT2D eigenvalue weighted by Gasteiger charge is 2.09. The maximum Gasteiger partial charge on any atom is 0.226 e. The largest absolute Gasteiger partial charge is 0.301 e. The lowest BCUT2D eigenvalue weighted by atomic mass is 10.2. The molecule has 2 rings (SSSR count). The minimum atomic E-state index is 0.000330. The normalized spacial score (nSPS) is 10.4. The molecule has 0 fully saturated rings. The van der Waals surface area contributed by atoms with Crippen LogP contribution in [0, 0.1) is 0 Å². The van der Waals surface area contributed by atoms with Gasteiger partial charge in [0.1, 0.15) is 0 Å². The zero-order valence-electron chi connectivity index (χ0n) is 10.5. The maximum atomic E-state index is 11.6. The Morgan fingerprint density at radius 2 is 2.11 bits per heavy atom. The zero-order valence-corrected chi connectivity index (χ0v) is 12.9. The lowest BCUT2D eigenvalue weighted by molar-refractivity contribution is -0.116. The first-order valence-electron chi connectivity index (χ1n) is 6.08. The highest BCUT2D eigenvalue weighted by atomic mass is 79.9. The van der Waals surface area contributed by atoms with Crippen LogP contribution in [0.25, 0.3) is 11.4 Å². The molecule has 0 saturated heterocycles. The first kappa shape index (κ1) is 14.1. The predicted octanol–water partition coefficient (Wildman–Crippen LogP) is 4.10. The monoisotopic (exact) mass is 339 g/mol. The number of carbonyl (C=O) groups excluding carboxylic acids is 1. The molecule has 1 aromatic carbocycles. The van der Waals surface area contributed by atoms with Crippen molar-refractivity contribution in [2.24, 2.45) is 0 Å². The number of hydrogen-bond donors (Lipinski definition) is 1. The summed E-state index contributed by atoms with van der Waals surface area (Å²) in [6, 6.07) is 7.76. The highest BCUT2D eigenvalue weighted by Crippen LogP contribution is 2.22. The van der Waals surface area contributed by atoms with Crippen LogP contribution in [0.2, 0.25) is 0 Å². The summed E-state index contributed by atoms with van der Waals surface area (Å²) in [5.74, 6) is 0.642. The topological polar surface area (TPSA) is 54.9 Å². The van der Waals surface area contributed by atoms with Crippen LogP contribution in [0.1, 0.15) is 26.2 Å². The van der Waals surface area contributed by atoms with E-state index in [2.05, 4.69) is 37.5 Å². The fraction of sp³-hybridized carbons (Fsp3) is 0.308. The second-order valence-electron chi connectivity index (χ2n) is 4.08. The fourth-order valence-electron chi connectivity index (χ4n) is 1.51. The smallest absolute Gasteiger partial charge is 0.226 e. The number of nitrogens with one attached hydrogen (secondary N) is 1. The molecule has 0 atom stereocenters. The molecule has 19 heavy (non-hydrogen) atoms. The Hall–Kier alpha value is -1.27. The van der Waals surface area contributed by atoms with Gasteiger partial charge >= 0.3 is 0 Å². The molecule has 6 heteroatoms. The standard InChI is InChI=1S/C13H14BrN3OS/c1-2-3-4-11(18)15-13-16-12(17-19-13)9-5-7-10(14)8-6-9/h5-8H,2-4H2,1H3,(H,15,16,17,18). The predicted molar refractivity (Wildman–Crippen MR) is 81.2 cm³/mol. The minimum Gasteiger partial charge on any atom is -0.301 e. The summed E-state index contributed by atoms with van der Waals surface area (Å²) >= 11 is 4.59. The summed E-state index contributed by atoms with van der Waals surface area (Å²) < 4.78 is 5.26. The van der Waals surface area contributed by atoms with E-state index in [1.807, 2.05) is 24.3 Å². The van der Waals surface area contributed by atoms with Crippen molar-refractivity contribution in [1.29, 1.82) is 0 Å². The molecular weight excluding hydrogens is 326 g/mol. The van der Waals surface area contributed by atoms with Crippen LogP contribution in [-0.2, 0) is 4.79 Å². The molecule has 0 saturated carbocycles. The lowest BCUT2D eigenvalue weighted by Gasteiger charge is -1.99. The van der Waals surface area contributed by atoms with Gasteiger partial charge in [-0.15, -0.1) is 0 Å². The second kappa shape index (κ2) is 6.77. The number of amides is 1. The Morgan fingerprint density at radius 1 is 1.37 bits per heavy atom. The maximum absolute atomic E-state index is 11.6. The van der Waals surface area contributed by atoms with E-state index in [4.69, 9.17) is 0 Å². The van der Waals surface area contributed by atoms with Gasteiger partial charge in [0.05, 0.1) is 0 Å². The van der Waals surface area contributed by atoms with E-state index in [1.165, 1.54) is 11.5 Å². The van der Waals surface area contributed by atoms with Crippen molar-refractivity contribution in [1.82, 2.24) is 9.36 Å². The lowest BCUT2D eigenvalue weighted by Crippen LogP contribution is -2.10. The van der Waals surface area contributed by atoms with E-state index >= 15 is 0 Å². The van der Waals surface area contributed by atoms with Gasteiger partial charge in [-0.2, -0.15) is 9.36 Å². The Balaban J connectivity index is 2.02. The summed E-state index contributed by atoms with van der Waals surface area (Å²) in [5.41, 5.74) is 0.938. The van der Waals surface area contributed by atoms with E-state index in [-0.39, 0.29) is 5.91 Å². The number of anilines is 1. The molecule has 1 N–H and O–H groups in total. The molecule has 0 aliphatic rings. The molecular formula is C13H14BrN3OS. The third kappa shape index (κ3) is 4.11. The van der Waals surface area contributed by atoms with E-state index in [0.29, 0.717) is 17.4 Å². The molecule has 1 heterocycles. The van der Waals surface area contributed by atoms with Gasteiger partial charge in [-0.25, -0.2) is 0 Å². The van der Waals surface area contributed by atoms with Crippen molar-refractivity contribution in [2.75, 3.05) is 5.32 Å². The second-order valence-corrected chi connectivity index (χ2v) is 5.75. The third-order valence-electron chi connectivity index (χ3n) is 2.53. The van der Waals surface area contributed by atoms with Gasteiger partial charge in [-0.1, -0.05) is 41.4 Å². The molecule has 0 aliphatic heterocycles. The minimum absolute atomic E-state index is 0.000330. The number of aromatic nitrogens is 2. The quantitative estimate of drug-likeness (QED) is 0.892. The molecule has 0 radical (unpaired) electrons. The molecule has 1 aromatic heterocycles. The van der Waals surface area contributed by atoms with Crippen molar-refractivity contribution in [2.45, 2.75) is 26.2 Å². The number of benzene rings is 1. The first-order valence-corrected chi connectivity index (χ1v) is 7.65. The van der Waals surface area contributed by atoms with Crippen molar-refractivity contribution < 1.29 is 4.79 Å². The van der Waals surface area contributed by atoms with Crippen LogP contribution in [0.15, 0.2) is 28.7 Å². The number of unbranched alkanes of at least 4 members (excludes halogenated alkanes) is 1. The average molecular weight is 340 g/mol. The van der Waals surface area contributed by atoms with Crippen LogP contribution in [0.4, 0.5) is 5.13 Å². The SMILES string of the molecule is CCCCC(=O)Nc1nc(-c2ccc(Br)cc2)ns1. The number of hydrogen-bond acceptors (Lipinski definition) is 4. The number of carbonyl (C=O) groups is 1. The number of rotatable bonds is 5. The summed E-state index contributed by atoms with van der Waals surface area (Å²) in [5, 5.41) is 3.33. The van der Waals surface area contributed by atoms with Gasteiger partial charge in [0.25, 0.3) is 0 Å². The third-order valence-corrected chi connectivity index (χ3v) is 3.69. The summed E-state index contributed by atoms with van der Waals surface area (Å²) in [4.78, 5) is 15.9. The molecule has 0 spiro atoms. The molecule has 0 aliphatic carbocycles. The molecule has 0 bridgehead atoms. The highest BCUT2D eigenvalue weighted by molar-refractivity contribution is 9.10.